The topological polar surface area (TPSA) is 66.8 Å². The van der Waals surface area contributed by atoms with Gasteiger partial charge in [0.05, 0.1) is 25.2 Å². The average Bonchev–Trinajstić information content (AvgIpc) is 2.79. The average molecular weight is 487 g/mol. The van der Waals surface area contributed by atoms with E-state index in [0.717, 1.165) is 32.1 Å². The Morgan fingerprint density at radius 3 is 2.26 bits per heavy atom. The van der Waals surface area contributed by atoms with Gasteiger partial charge in [-0.2, -0.15) is 0 Å². The standard InChI is InChI=1S/C31H50O4/c1-18-19(26(34)35-8)17-24(33)29(5)15-16-30(6)20(25(18)29)9-10-22-28(4)13-12-23(32)27(2,3)21(28)11-14-31(22,30)7/h9,18-19,21-25,32-33H,10-17H2,1-8H3. The Morgan fingerprint density at radius 2 is 1.60 bits per heavy atom. The highest BCUT2D eigenvalue weighted by Crippen LogP contribution is 2.75. The first-order valence-electron chi connectivity index (χ1n) is 14.3. The molecule has 5 rings (SSSR count). The van der Waals surface area contributed by atoms with Gasteiger partial charge in [-0.1, -0.05) is 60.1 Å². The van der Waals surface area contributed by atoms with Crippen LogP contribution in [0.25, 0.3) is 0 Å². The van der Waals surface area contributed by atoms with Crippen LogP contribution in [-0.4, -0.2) is 35.5 Å². The van der Waals surface area contributed by atoms with Crippen LogP contribution < -0.4 is 0 Å². The molecule has 0 aliphatic heterocycles. The van der Waals surface area contributed by atoms with Crippen LogP contribution in [0, 0.1) is 56.7 Å². The van der Waals surface area contributed by atoms with Crippen molar-refractivity contribution in [1.29, 1.82) is 0 Å². The predicted octanol–water partition coefficient (Wildman–Crippen LogP) is 6.15. The van der Waals surface area contributed by atoms with Crippen LogP contribution in [0.5, 0.6) is 0 Å². The number of allylic oxidation sites excluding steroid dienone is 2. The second-order valence-corrected chi connectivity index (χ2v) is 14.9. The lowest BCUT2D eigenvalue weighted by Gasteiger charge is -2.71. The number of hydrogen-bond acceptors (Lipinski definition) is 4. The van der Waals surface area contributed by atoms with Gasteiger partial charge >= 0.3 is 5.97 Å². The van der Waals surface area contributed by atoms with E-state index >= 15 is 0 Å². The highest BCUT2D eigenvalue weighted by molar-refractivity contribution is 5.73. The molecule has 4 saturated carbocycles. The third kappa shape index (κ3) is 3.08. The molecule has 0 aromatic carbocycles. The van der Waals surface area contributed by atoms with Gasteiger partial charge in [-0.25, -0.2) is 0 Å². The summed E-state index contributed by atoms with van der Waals surface area (Å²) in [5.74, 6) is 1.11. The minimum absolute atomic E-state index is 0.0416. The SMILES string of the molecule is COC(=O)C1CC(O)C2(C)CCC3(C)C(=CCC4C5(C)CCC(O)C(C)(C)C5CCC43C)C2C1C. The Balaban J connectivity index is 1.59. The third-order valence-electron chi connectivity index (χ3n) is 13.6. The zero-order valence-electron chi connectivity index (χ0n) is 23.5. The normalized spacial score (nSPS) is 54.9. The van der Waals surface area contributed by atoms with Gasteiger partial charge < -0.3 is 14.9 Å². The van der Waals surface area contributed by atoms with E-state index in [1.165, 1.54) is 25.5 Å². The van der Waals surface area contributed by atoms with E-state index in [1.807, 2.05) is 0 Å². The molecule has 5 aliphatic carbocycles. The molecule has 35 heavy (non-hydrogen) atoms. The van der Waals surface area contributed by atoms with Crippen LogP contribution in [0.4, 0.5) is 0 Å². The van der Waals surface area contributed by atoms with Crippen molar-refractivity contribution in [3.05, 3.63) is 11.6 Å². The number of esters is 1. The number of carbonyl (C=O) groups excluding carboxylic acids is 1. The molecule has 0 amide bonds. The molecule has 4 fully saturated rings. The molecule has 0 spiro atoms. The van der Waals surface area contributed by atoms with E-state index in [-0.39, 0.29) is 56.9 Å². The summed E-state index contributed by atoms with van der Waals surface area (Å²) in [7, 11) is 1.48. The van der Waals surface area contributed by atoms with Crippen LogP contribution in [0.15, 0.2) is 11.6 Å². The van der Waals surface area contributed by atoms with Crippen molar-refractivity contribution >= 4 is 5.97 Å². The quantitative estimate of drug-likeness (QED) is 0.345. The smallest absolute Gasteiger partial charge is 0.309 e. The predicted molar refractivity (Wildman–Crippen MR) is 138 cm³/mol. The van der Waals surface area contributed by atoms with Gasteiger partial charge in [-0.15, -0.1) is 0 Å². The van der Waals surface area contributed by atoms with Crippen molar-refractivity contribution in [1.82, 2.24) is 0 Å². The van der Waals surface area contributed by atoms with Crippen molar-refractivity contribution in [2.75, 3.05) is 7.11 Å². The molecule has 0 saturated heterocycles. The van der Waals surface area contributed by atoms with Crippen molar-refractivity contribution < 1.29 is 19.7 Å². The molecule has 4 nitrogen and oxygen atoms in total. The van der Waals surface area contributed by atoms with E-state index in [9.17, 15) is 15.0 Å². The lowest BCUT2D eigenvalue weighted by atomic mass is 9.33. The number of rotatable bonds is 1. The first kappa shape index (κ1) is 25.8. The third-order valence-corrected chi connectivity index (χ3v) is 13.6. The summed E-state index contributed by atoms with van der Waals surface area (Å²) >= 11 is 0. The maximum Gasteiger partial charge on any atom is 0.309 e. The number of hydrogen-bond donors (Lipinski definition) is 2. The number of ether oxygens (including phenoxy) is 1. The van der Waals surface area contributed by atoms with Crippen LogP contribution in [0.1, 0.15) is 99.8 Å². The molecule has 11 unspecified atom stereocenters. The lowest BCUT2D eigenvalue weighted by Crippen LogP contribution is -2.65. The summed E-state index contributed by atoms with van der Waals surface area (Å²) in [5, 5.41) is 22.3. The molecule has 0 aromatic rings. The molecule has 4 heteroatoms. The summed E-state index contributed by atoms with van der Waals surface area (Å²) in [6.07, 6.45) is 10.0. The molecular formula is C31H50O4. The highest BCUT2D eigenvalue weighted by Gasteiger charge is 2.69. The molecular weight excluding hydrogens is 436 g/mol. The van der Waals surface area contributed by atoms with E-state index < -0.39 is 6.10 Å². The number of methoxy groups -OCH3 is 1. The fourth-order valence-electron chi connectivity index (χ4n) is 11.1. The van der Waals surface area contributed by atoms with Crippen LogP contribution in [0.2, 0.25) is 0 Å². The number of carbonyl (C=O) groups is 1. The van der Waals surface area contributed by atoms with E-state index in [0.29, 0.717) is 18.3 Å². The van der Waals surface area contributed by atoms with Gasteiger partial charge in [0.1, 0.15) is 0 Å². The van der Waals surface area contributed by atoms with Crippen molar-refractivity contribution in [3.63, 3.8) is 0 Å². The van der Waals surface area contributed by atoms with Gasteiger partial charge in [0, 0.05) is 5.41 Å². The summed E-state index contributed by atoms with van der Waals surface area (Å²) in [6, 6.07) is 0. The summed E-state index contributed by atoms with van der Waals surface area (Å²) in [4.78, 5) is 12.7. The fourth-order valence-corrected chi connectivity index (χ4v) is 11.1. The molecule has 0 bridgehead atoms. The summed E-state index contributed by atoms with van der Waals surface area (Å²) < 4.78 is 5.20. The van der Waals surface area contributed by atoms with E-state index in [4.69, 9.17) is 4.74 Å². The first-order chi connectivity index (χ1) is 16.2. The van der Waals surface area contributed by atoms with Crippen LogP contribution in [0.3, 0.4) is 0 Å². The van der Waals surface area contributed by atoms with E-state index in [2.05, 4.69) is 54.5 Å². The lowest BCUT2D eigenvalue weighted by molar-refractivity contribution is -0.209. The summed E-state index contributed by atoms with van der Waals surface area (Å²) in [6.45, 7) is 16.8. The van der Waals surface area contributed by atoms with Gasteiger partial charge in [-0.3, -0.25) is 4.79 Å². The Kier molecular flexibility index (Phi) is 5.76. The van der Waals surface area contributed by atoms with Crippen molar-refractivity contribution in [2.24, 2.45) is 56.7 Å². The van der Waals surface area contributed by atoms with Gasteiger partial charge in [0.2, 0.25) is 0 Å². The van der Waals surface area contributed by atoms with Crippen molar-refractivity contribution in [2.45, 2.75) is 112 Å². The first-order valence-corrected chi connectivity index (χ1v) is 14.3. The number of fused-ring (bicyclic) bond motifs is 7. The molecule has 0 heterocycles. The van der Waals surface area contributed by atoms with Crippen molar-refractivity contribution in [3.8, 4) is 0 Å². The van der Waals surface area contributed by atoms with Gasteiger partial charge in [0.25, 0.3) is 0 Å². The molecule has 11 atom stereocenters. The molecule has 5 aliphatic rings. The maximum atomic E-state index is 12.7. The second-order valence-electron chi connectivity index (χ2n) is 14.9. The molecule has 0 aromatic heterocycles. The monoisotopic (exact) mass is 486 g/mol. The zero-order valence-corrected chi connectivity index (χ0v) is 23.5. The molecule has 0 radical (unpaired) electrons. The molecule has 198 valence electrons. The minimum Gasteiger partial charge on any atom is -0.469 e. The Hall–Kier alpha value is -0.870. The highest BCUT2D eigenvalue weighted by atomic mass is 16.5. The van der Waals surface area contributed by atoms with Gasteiger partial charge in [-0.05, 0) is 96.7 Å². The van der Waals surface area contributed by atoms with Gasteiger partial charge in [0.15, 0.2) is 0 Å². The minimum atomic E-state index is -0.474. The Labute approximate surface area is 213 Å². The van der Waals surface area contributed by atoms with E-state index in [1.54, 1.807) is 0 Å². The zero-order chi connectivity index (χ0) is 25.8. The summed E-state index contributed by atoms with van der Waals surface area (Å²) in [5.41, 5.74) is 1.79. The largest absolute Gasteiger partial charge is 0.469 e. The maximum absolute atomic E-state index is 12.7. The van der Waals surface area contributed by atoms with Crippen LogP contribution >= 0.6 is 0 Å². The Bertz CT molecular complexity index is 923. The second kappa shape index (κ2) is 7.82. The Morgan fingerprint density at radius 1 is 0.914 bits per heavy atom. The molecule has 2 N–H and O–H groups in total. The van der Waals surface area contributed by atoms with Crippen LogP contribution in [-0.2, 0) is 9.53 Å². The number of aliphatic hydroxyl groups excluding tert-OH is 2. The number of aliphatic hydroxyl groups is 2. The fraction of sp³-hybridized carbons (Fsp3) is 0.903.